The zero-order valence-electron chi connectivity index (χ0n) is 6.29. The molecule has 0 bridgehead atoms. The van der Waals surface area contributed by atoms with Crippen molar-refractivity contribution in [3.63, 3.8) is 0 Å². The fourth-order valence-electron chi connectivity index (χ4n) is 0.851. The van der Waals surface area contributed by atoms with Crippen LogP contribution in [0.5, 0.6) is 0 Å². The molecule has 0 radical (unpaired) electrons. The van der Waals surface area contributed by atoms with Crippen LogP contribution in [0.2, 0.25) is 0 Å². The Bertz CT molecular complexity index is 421. The summed E-state index contributed by atoms with van der Waals surface area (Å²) >= 11 is 3.79. The number of rotatable bonds is 1. The van der Waals surface area contributed by atoms with E-state index in [1.165, 1.54) is 0 Å². The highest BCUT2D eigenvalue weighted by Gasteiger charge is 2.16. The van der Waals surface area contributed by atoms with Gasteiger partial charge in [0.1, 0.15) is 4.90 Å². The van der Waals surface area contributed by atoms with Crippen LogP contribution in [0.4, 0.5) is 5.69 Å². The molecule has 7 heteroatoms. The van der Waals surface area contributed by atoms with E-state index in [0.717, 1.165) is 0 Å². The lowest BCUT2D eigenvalue weighted by Gasteiger charge is -2.05. The van der Waals surface area contributed by atoms with Crippen molar-refractivity contribution in [3.8, 4) is 0 Å². The van der Waals surface area contributed by atoms with Gasteiger partial charge in [-0.1, -0.05) is 0 Å². The molecule has 0 amide bonds. The van der Waals surface area contributed by atoms with Gasteiger partial charge in [0.15, 0.2) is 0 Å². The number of nitrogens with two attached hydrogens (primary N) is 2. The van der Waals surface area contributed by atoms with Crippen LogP contribution in [0.1, 0.15) is 0 Å². The van der Waals surface area contributed by atoms with Gasteiger partial charge in [-0.25, -0.2) is 13.6 Å². The summed E-state index contributed by atoms with van der Waals surface area (Å²) in [6, 6.07) is 3.14. The topological polar surface area (TPSA) is 86.2 Å². The Labute approximate surface area is 103 Å². The molecule has 0 aliphatic carbocycles. The molecule has 4 nitrogen and oxygen atoms in total. The molecular formula is C6H6I2N2O2S. The standard InChI is InChI=1S/C6H6I2N2O2S/c7-4-1-3(9)2-5(8)6(4)13(10,11)12/h1-2H,9H2,(H2,10,11,12). The van der Waals surface area contributed by atoms with Gasteiger partial charge in [-0.2, -0.15) is 0 Å². The average Bonchev–Trinajstić information content (AvgIpc) is 1.78. The Morgan fingerprint density at radius 1 is 1.15 bits per heavy atom. The van der Waals surface area contributed by atoms with Gasteiger partial charge in [-0.15, -0.1) is 0 Å². The molecule has 4 N–H and O–H groups in total. The van der Waals surface area contributed by atoms with Gasteiger partial charge < -0.3 is 5.73 Å². The maximum absolute atomic E-state index is 11.1. The van der Waals surface area contributed by atoms with Crippen molar-refractivity contribution in [1.82, 2.24) is 0 Å². The minimum absolute atomic E-state index is 0.142. The first-order valence-corrected chi connectivity index (χ1v) is 6.80. The lowest BCUT2D eigenvalue weighted by molar-refractivity contribution is 0.596. The molecule has 0 unspecified atom stereocenters. The third-order valence-electron chi connectivity index (χ3n) is 1.31. The van der Waals surface area contributed by atoms with E-state index in [-0.39, 0.29) is 4.90 Å². The van der Waals surface area contributed by atoms with Crippen molar-refractivity contribution >= 4 is 60.9 Å². The molecule has 72 valence electrons. The predicted octanol–water partition coefficient (Wildman–Crippen LogP) is 1.13. The van der Waals surface area contributed by atoms with Crippen molar-refractivity contribution in [2.75, 3.05) is 5.73 Å². The normalized spacial score (nSPS) is 11.6. The van der Waals surface area contributed by atoms with Crippen LogP contribution in [0, 0.1) is 7.14 Å². The fraction of sp³-hybridized carbons (Fsp3) is 0. The number of primary sulfonamides is 1. The van der Waals surface area contributed by atoms with Crippen LogP contribution in [-0.2, 0) is 10.0 Å². The SMILES string of the molecule is Nc1cc(I)c(S(N)(=O)=O)c(I)c1. The maximum Gasteiger partial charge on any atom is 0.240 e. The molecule has 1 rings (SSSR count). The molecule has 1 aromatic carbocycles. The van der Waals surface area contributed by atoms with E-state index in [9.17, 15) is 8.42 Å². The number of halogens is 2. The highest BCUT2D eigenvalue weighted by molar-refractivity contribution is 14.1. The van der Waals surface area contributed by atoms with Crippen LogP contribution < -0.4 is 10.9 Å². The molecule has 0 saturated carbocycles. The maximum atomic E-state index is 11.1. The lowest BCUT2D eigenvalue weighted by Crippen LogP contribution is -2.15. The van der Waals surface area contributed by atoms with E-state index in [1.54, 1.807) is 12.1 Å². The van der Waals surface area contributed by atoms with E-state index in [2.05, 4.69) is 0 Å². The minimum atomic E-state index is -3.65. The summed E-state index contributed by atoms with van der Waals surface area (Å²) in [5.41, 5.74) is 6.06. The number of benzene rings is 1. The second-order valence-corrected chi connectivity index (χ2v) is 6.18. The predicted molar refractivity (Wildman–Crippen MR) is 67.7 cm³/mol. The highest BCUT2D eigenvalue weighted by atomic mass is 127. The van der Waals surface area contributed by atoms with Crippen molar-refractivity contribution in [1.29, 1.82) is 0 Å². The second-order valence-electron chi connectivity index (χ2n) is 2.36. The van der Waals surface area contributed by atoms with Gasteiger partial charge in [0.2, 0.25) is 10.0 Å². The first-order valence-electron chi connectivity index (χ1n) is 3.09. The van der Waals surface area contributed by atoms with E-state index in [1.807, 2.05) is 45.2 Å². The molecule has 0 aliphatic heterocycles. The van der Waals surface area contributed by atoms with E-state index in [4.69, 9.17) is 10.9 Å². The third-order valence-corrected chi connectivity index (χ3v) is 4.75. The average molecular weight is 424 g/mol. The summed E-state index contributed by atoms with van der Waals surface area (Å²) in [6.07, 6.45) is 0. The van der Waals surface area contributed by atoms with Gasteiger partial charge in [0.05, 0.1) is 0 Å². The minimum Gasteiger partial charge on any atom is -0.399 e. The van der Waals surface area contributed by atoms with Crippen molar-refractivity contribution in [2.24, 2.45) is 5.14 Å². The Hall–Kier alpha value is 0.390. The molecule has 1 aromatic rings. The number of nitrogen functional groups attached to an aromatic ring is 1. The zero-order chi connectivity index (χ0) is 10.2. The first-order chi connectivity index (χ1) is 5.82. The van der Waals surface area contributed by atoms with Crippen molar-refractivity contribution in [2.45, 2.75) is 4.90 Å². The van der Waals surface area contributed by atoms with Gasteiger partial charge in [0.25, 0.3) is 0 Å². The van der Waals surface area contributed by atoms with E-state index < -0.39 is 10.0 Å². The first kappa shape index (κ1) is 11.5. The van der Waals surface area contributed by atoms with Gasteiger partial charge in [-0.3, -0.25) is 0 Å². The molecular weight excluding hydrogens is 418 g/mol. The highest BCUT2D eigenvalue weighted by Crippen LogP contribution is 2.25. The van der Waals surface area contributed by atoms with Crippen LogP contribution in [0.25, 0.3) is 0 Å². The lowest BCUT2D eigenvalue weighted by atomic mass is 10.3. The number of hydrogen-bond donors (Lipinski definition) is 2. The largest absolute Gasteiger partial charge is 0.399 e. The second kappa shape index (κ2) is 3.87. The number of hydrogen-bond acceptors (Lipinski definition) is 3. The Balaban J connectivity index is 3.57. The Kier molecular flexibility index (Phi) is 3.41. The number of anilines is 1. The monoisotopic (exact) mass is 424 g/mol. The van der Waals surface area contributed by atoms with E-state index >= 15 is 0 Å². The molecule has 0 aliphatic rings. The van der Waals surface area contributed by atoms with Crippen LogP contribution in [0.3, 0.4) is 0 Å². The van der Waals surface area contributed by atoms with Crippen LogP contribution >= 0.6 is 45.2 Å². The molecule has 0 saturated heterocycles. The summed E-state index contributed by atoms with van der Waals surface area (Å²) in [5.74, 6) is 0. The van der Waals surface area contributed by atoms with Gasteiger partial charge >= 0.3 is 0 Å². The quantitative estimate of drug-likeness (QED) is 0.524. The fourth-order valence-corrected chi connectivity index (χ4v) is 5.17. The van der Waals surface area contributed by atoms with Crippen LogP contribution in [-0.4, -0.2) is 8.42 Å². The molecule has 13 heavy (non-hydrogen) atoms. The van der Waals surface area contributed by atoms with Crippen molar-refractivity contribution in [3.05, 3.63) is 19.3 Å². The van der Waals surface area contributed by atoms with Gasteiger partial charge in [0, 0.05) is 12.8 Å². The summed E-state index contributed by atoms with van der Waals surface area (Å²) in [5, 5.41) is 5.03. The summed E-state index contributed by atoms with van der Waals surface area (Å²) in [6.45, 7) is 0. The Morgan fingerprint density at radius 3 is 1.85 bits per heavy atom. The van der Waals surface area contributed by atoms with Gasteiger partial charge in [-0.05, 0) is 57.3 Å². The van der Waals surface area contributed by atoms with E-state index in [0.29, 0.717) is 12.8 Å². The molecule has 0 heterocycles. The molecule has 0 fully saturated rings. The summed E-state index contributed by atoms with van der Waals surface area (Å²) in [7, 11) is -3.65. The van der Waals surface area contributed by atoms with Crippen molar-refractivity contribution < 1.29 is 8.42 Å². The van der Waals surface area contributed by atoms with Crippen LogP contribution in [0.15, 0.2) is 17.0 Å². The Morgan fingerprint density at radius 2 is 1.54 bits per heavy atom. The number of sulfonamides is 1. The molecule has 0 spiro atoms. The third kappa shape index (κ3) is 2.67. The molecule has 0 aromatic heterocycles. The smallest absolute Gasteiger partial charge is 0.240 e. The zero-order valence-corrected chi connectivity index (χ0v) is 11.4. The molecule has 0 atom stereocenters. The summed E-state index contributed by atoms with van der Waals surface area (Å²) in [4.78, 5) is 0.142. The summed E-state index contributed by atoms with van der Waals surface area (Å²) < 4.78 is 23.3.